The molecule has 12 atom stereocenters. The molecule has 10 rings (SSSR count). The fraction of sp³-hybridized carbons (Fsp3) is 0.727. The van der Waals surface area contributed by atoms with E-state index in [4.69, 9.17) is 9.47 Å². The summed E-state index contributed by atoms with van der Waals surface area (Å²) < 4.78 is 12.0. The molecule has 8 aliphatic carbocycles. The summed E-state index contributed by atoms with van der Waals surface area (Å²) in [4.78, 5) is 47.6. The highest BCUT2D eigenvalue weighted by atomic mass is 16.6. The van der Waals surface area contributed by atoms with Gasteiger partial charge in [-0.25, -0.2) is 0 Å². The Labute approximate surface area is 297 Å². The third-order valence-corrected chi connectivity index (χ3v) is 17.7. The molecule has 10 aliphatic rings. The van der Waals surface area contributed by atoms with Crippen LogP contribution < -0.4 is 0 Å². The number of ketones is 2. The average Bonchev–Trinajstić information content (AvgIpc) is 3.82. The summed E-state index contributed by atoms with van der Waals surface area (Å²) in [6.07, 6.45) is 28.6. The summed E-state index contributed by atoms with van der Waals surface area (Å²) in [5.41, 5.74) is 2.65. The fourth-order valence-corrected chi connectivity index (χ4v) is 14.6. The van der Waals surface area contributed by atoms with Crippen LogP contribution in [0.15, 0.2) is 47.6 Å². The van der Waals surface area contributed by atoms with Crippen molar-refractivity contribution in [3.05, 3.63) is 47.6 Å². The molecular weight excluding hydrogens is 624 g/mol. The van der Waals surface area contributed by atoms with E-state index in [-0.39, 0.29) is 56.4 Å². The smallest absolute Gasteiger partial charge is 0.306 e. The SMILES string of the molecule is C[C@]12CCC(=O)C=C1C=C[C@@H]1[C@@H]2CC[C@@]2(C)[C@H]1CC[C@@]21CCC(=O)O1.C[C@]12CCC(=O)C=C1C=C[C@@H]1[C@@H]2CC[C@@]2(C)[C@H]1CC[C@@]21CCC(=O)O1. The lowest BCUT2D eigenvalue weighted by atomic mass is 9.48. The van der Waals surface area contributed by atoms with Crippen molar-refractivity contribution in [2.45, 2.75) is 142 Å². The van der Waals surface area contributed by atoms with Crippen LogP contribution in [0.2, 0.25) is 0 Å². The molecule has 0 unspecified atom stereocenters. The number of esters is 2. The molecule has 6 fully saturated rings. The van der Waals surface area contributed by atoms with E-state index >= 15 is 0 Å². The second-order valence-electron chi connectivity index (χ2n) is 19.2. The lowest BCUT2D eigenvalue weighted by Gasteiger charge is -2.57. The first-order chi connectivity index (χ1) is 23.8. The van der Waals surface area contributed by atoms with E-state index in [0.29, 0.717) is 61.2 Å². The molecule has 2 saturated heterocycles. The summed E-state index contributed by atoms with van der Waals surface area (Å²) in [6.45, 7) is 9.56. The molecule has 2 heterocycles. The van der Waals surface area contributed by atoms with Crippen molar-refractivity contribution in [3.8, 4) is 0 Å². The molecule has 2 aliphatic heterocycles. The van der Waals surface area contributed by atoms with E-state index in [2.05, 4.69) is 52.0 Å². The Balaban J connectivity index is 0.000000135. The molecule has 6 heteroatoms. The van der Waals surface area contributed by atoms with Crippen molar-refractivity contribution in [2.75, 3.05) is 0 Å². The van der Waals surface area contributed by atoms with Crippen LogP contribution in [0.3, 0.4) is 0 Å². The van der Waals surface area contributed by atoms with Crippen LogP contribution >= 0.6 is 0 Å². The highest BCUT2D eigenvalue weighted by Gasteiger charge is 2.68. The van der Waals surface area contributed by atoms with Crippen LogP contribution in [0.25, 0.3) is 0 Å². The monoisotopic (exact) mass is 680 g/mol. The Morgan fingerprint density at radius 3 is 1.28 bits per heavy atom. The van der Waals surface area contributed by atoms with Gasteiger partial charge in [-0.2, -0.15) is 0 Å². The van der Waals surface area contributed by atoms with Crippen molar-refractivity contribution in [2.24, 2.45) is 57.2 Å². The Morgan fingerprint density at radius 1 is 0.500 bits per heavy atom. The number of hydrogen-bond donors (Lipinski definition) is 0. The van der Waals surface area contributed by atoms with Gasteiger partial charge in [0.2, 0.25) is 0 Å². The first-order valence-corrected chi connectivity index (χ1v) is 20.1. The van der Waals surface area contributed by atoms with E-state index in [9.17, 15) is 19.2 Å². The second kappa shape index (κ2) is 10.9. The van der Waals surface area contributed by atoms with Gasteiger partial charge in [-0.3, -0.25) is 19.2 Å². The predicted molar refractivity (Wildman–Crippen MR) is 189 cm³/mol. The molecular formula is C44H56O6. The number of fused-ring (bicyclic) bond motifs is 12. The zero-order valence-corrected chi connectivity index (χ0v) is 30.7. The molecule has 268 valence electrons. The molecule has 0 aromatic carbocycles. The zero-order chi connectivity index (χ0) is 34.9. The second-order valence-corrected chi connectivity index (χ2v) is 19.2. The van der Waals surface area contributed by atoms with Gasteiger partial charge in [-0.15, -0.1) is 0 Å². The Hall–Kier alpha value is -2.76. The van der Waals surface area contributed by atoms with Gasteiger partial charge in [0.05, 0.1) is 0 Å². The summed E-state index contributed by atoms with van der Waals surface area (Å²) >= 11 is 0. The molecule has 2 spiro atoms. The van der Waals surface area contributed by atoms with Crippen molar-refractivity contribution in [1.29, 1.82) is 0 Å². The van der Waals surface area contributed by atoms with Gasteiger partial charge in [0, 0.05) is 36.5 Å². The number of carbonyl (C=O) groups excluding carboxylic acids is 4. The molecule has 0 amide bonds. The highest BCUT2D eigenvalue weighted by Crippen LogP contribution is 2.70. The van der Waals surface area contributed by atoms with Gasteiger partial charge in [0.1, 0.15) is 11.2 Å². The van der Waals surface area contributed by atoms with Crippen LogP contribution in [-0.4, -0.2) is 34.7 Å². The molecule has 0 bridgehead atoms. The zero-order valence-electron chi connectivity index (χ0n) is 30.7. The largest absolute Gasteiger partial charge is 0.458 e. The summed E-state index contributed by atoms with van der Waals surface area (Å²) in [5.74, 6) is 4.17. The first kappa shape index (κ1) is 33.1. The van der Waals surface area contributed by atoms with Crippen LogP contribution in [0, 0.1) is 57.2 Å². The third kappa shape index (κ3) is 4.32. The van der Waals surface area contributed by atoms with E-state index < -0.39 is 0 Å². The van der Waals surface area contributed by atoms with Gasteiger partial charge < -0.3 is 9.47 Å². The number of ether oxygens (including phenoxy) is 2. The summed E-state index contributed by atoms with van der Waals surface area (Å²) in [5, 5.41) is 0. The number of allylic oxidation sites excluding steroid dienone is 8. The Bertz CT molecular complexity index is 1560. The van der Waals surface area contributed by atoms with Crippen molar-refractivity contribution in [1.82, 2.24) is 0 Å². The topological polar surface area (TPSA) is 86.7 Å². The van der Waals surface area contributed by atoms with Gasteiger partial charge in [0.25, 0.3) is 0 Å². The minimum absolute atomic E-state index is 0.00570. The molecule has 0 aromatic rings. The fourth-order valence-electron chi connectivity index (χ4n) is 14.6. The molecule has 0 N–H and O–H groups in total. The molecule has 4 saturated carbocycles. The maximum absolute atomic E-state index is 11.9. The van der Waals surface area contributed by atoms with Crippen LogP contribution in [-0.2, 0) is 28.7 Å². The van der Waals surface area contributed by atoms with E-state index in [0.717, 1.165) is 51.4 Å². The van der Waals surface area contributed by atoms with Crippen molar-refractivity contribution < 1.29 is 28.7 Å². The van der Waals surface area contributed by atoms with Gasteiger partial charge in [-0.05, 0) is 147 Å². The lowest BCUT2D eigenvalue weighted by Crippen LogP contribution is -2.53. The van der Waals surface area contributed by atoms with Crippen LogP contribution in [0.1, 0.15) is 130 Å². The van der Waals surface area contributed by atoms with E-state index in [1.165, 1.54) is 36.8 Å². The molecule has 0 radical (unpaired) electrons. The first-order valence-electron chi connectivity index (χ1n) is 20.1. The van der Waals surface area contributed by atoms with Crippen LogP contribution in [0.4, 0.5) is 0 Å². The van der Waals surface area contributed by atoms with E-state index in [1.54, 1.807) is 0 Å². The minimum Gasteiger partial charge on any atom is -0.458 e. The van der Waals surface area contributed by atoms with Crippen molar-refractivity contribution >= 4 is 23.5 Å². The predicted octanol–water partition coefficient (Wildman–Crippen LogP) is 8.74. The quantitative estimate of drug-likeness (QED) is 0.238. The highest BCUT2D eigenvalue weighted by molar-refractivity contribution is 5.92. The molecule has 0 aromatic heterocycles. The molecule has 6 nitrogen and oxygen atoms in total. The summed E-state index contributed by atoms with van der Waals surface area (Å²) in [7, 11) is 0. The van der Waals surface area contributed by atoms with Gasteiger partial charge in [0.15, 0.2) is 11.6 Å². The number of carbonyl (C=O) groups is 4. The maximum atomic E-state index is 11.9. The van der Waals surface area contributed by atoms with Gasteiger partial charge >= 0.3 is 11.9 Å². The van der Waals surface area contributed by atoms with Crippen molar-refractivity contribution in [3.63, 3.8) is 0 Å². The number of hydrogen-bond acceptors (Lipinski definition) is 6. The number of rotatable bonds is 0. The Kier molecular flexibility index (Phi) is 7.21. The van der Waals surface area contributed by atoms with Gasteiger partial charge in [-0.1, -0.05) is 52.0 Å². The third-order valence-electron chi connectivity index (χ3n) is 17.7. The normalized spacial score (nSPS) is 51.0. The minimum atomic E-state index is -0.201. The van der Waals surface area contributed by atoms with E-state index in [1.807, 2.05) is 12.2 Å². The van der Waals surface area contributed by atoms with Crippen LogP contribution in [0.5, 0.6) is 0 Å². The Morgan fingerprint density at radius 2 is 0.900 bits per heavy atom. The average molecular weight is 681 g/mol. The summed E-state index contributed by atoms with van der Waals surface area (Å²) in [6, 6.07) is 0. The molecule has 50 heavy (non-hydrogen) atoms. The standard InChI is InChI=1S/2C22H28O3/c2*1-20-9-5-15(23)13-14(20)3-4-16-17(20)6-10-21(2)18(16)7-11-22(21)12-8-19(24)25-22/h2*3-4,13,16-18H,5-12H2,1-2H3/t2*16-,17+,18+,20+,21+,22-/m11/s1. The maximum Gasteiger partial charge on any atom is 0.306 e. The lowest BCUT2D eigenvalue weighted by molar-refractivity contribution is -0.166.